The van der Waals surface area contributed by atoms with E-state index in [4.69, 9.17) is 4.74 Å². The molecular weight excluding hydrogens is 304 g/mol. The Bertz CT molecular complexity index is 469. The van der Waals surface area contributed by atoms with Crippen molar-refractivity contribution in [3.63, 3.8) is 0 Å². The first-order valence-corrected chi connectivity index (χ1v) is 8.15. The van der Waals surface area contributed by atoms with Gasteiger partial charge >= 0.3 is 0 Å². The third-order valence-corrected chi connectivity index (χ3v) is 4.72. The van der Waals surface area contributed by atoms with Crippen molar-refractivity contribution in [3.05, 3.63) is 28.2 Å². The van der Waals surface area contributed by atoms with Crippen LogP contribution in [-0.2, 0) is 9.84 Å². The third-order valence-electron chi connectivity index (χ3n) is 2.43. The zero-order valence-electron chi connectivity index (χ0n) is 10.1. The Balaban J connectivity index is 2.41. The van der Waals surface area contributed by atoms with Gasteiger partial charge in [-0.25, -0.2) is 8.42 Å². The van der Waals surface area contributed by atoms with Gasteiger partial charge in [0.15, 0.2) is 0 Å². The van der Waals surface area contributed by atoms with Crippen LogP contribution in [0.5, 0.6) is 5.75 Å². The molecule has 0 radical (unpaired) electrons. The van der Waals surface area contributed by atoms with Crippen molar-refractivity contribution >= 4 is 25.8 Å². The van der Waals surface area contributed by atoms with Gasteiger partial charge in [-0.2, -0.15) is 0 Å². The van der Waals surface area contributed by atoms with E-state index < -0.39 is 9.84 Å². The average Bonchev–Trinajstić information content (AvgIpc) is 2.27. The maximum absolute atomic E-state index is 11.3. The summed E-state index contributed by atoms with van der Waals surface area (Å²) < 4.78 is 29.1. The van der Waals surface area contributed by atoms with Crippen LogP contribution >= 0.6 is 15.9 Å². The normalized spacial score (nSPS) is 11.5. The monoisotopic (exact) mass is 320 g/mol. The molecule has 17 heavy (non-hydrogen) atoms. The number of benzene rings is 1. The molecule has 5 heteroatoms. The Kier molecular flexibility index (Phi) is 5.46. The molecule has 0 aromatic heterocycles. The molecule has 0 aliphatic rings. The van der Waals surface area contributed by atoms with Crippen LogP contribution in [0.15, 0.2) is 22.7 Å². The van der Waals surface area contributed by atoms with Crippen LogP contribution in [0.1, 0.15) is 18.9 Å². The van der Waals surface area contributed by atoms with Crippen molar-refractivity contribution in [3.8, 4) is 5.75 Å². The Hall–Kier alpha value is -0.550. The van der Waals surface area contributed by atoms with E-state index in [1.165, 1.54) is 0 Å². The molecule has 0 bridgehead atoms. The molecule has 0 heterocycles. The fraction of sp³-hybridized carbons (Fsp3) is 0.500. The first kappa shape index (κ1) is 14.5. The largest absolute Gasteiger partial charge is 0.493 e. The minimum atomic E-state index is -2.88. The molecule has 0 spiro atoms. The summed E-state index contributed by atoms with van der Waals surface area (Å²) in [5, 5.41) is 0. The highest BCUT2D eigenvalue weighted by atomic mass is 79.9. The van der Waals surface area contributed by atoms with Crippen molar-refractivity contribution in [2.24, 2.45) is 0 Å². The maximum atomic E-state index is 11.3. The van der Waals surface area contributed by atoms with E-state index in [1.54, 1.807) is 6.92 Å². The topological polar surface area (TPSA) is 43.4 Å². The number of ether oxygens (including phenoxy) is 1. The van der Waals surface area contributed by atoms with E-state index in [-0.39, 0.29) is 11.5 Å². The van der Waals surface area contributed by atoms with Crippen LogP contribution in [0.2, 0.25) is 0 Å². The molecule has 1 aromatic carbocycles. The number of sulfone groups is 1. The van der Waals surface area contributed by atoms with Crippen molar-refractivity contribution in [1.29, 1.82) is 0 Å². The second-order valence-electron chi connectivity index (χ2n) is 3.85. The van der Waals surface area contributed by atoms with Gasteiger partial charge in [-0.1, -0.05) is 22.9 Å². The lowest BCUT2D eigenvalue weighted by molar-refractivity contribution is 0.315. The van der Waals surface area contributed by atoms with Crippen LogP contribution in [-0.4, -0.2) is 26.5 Å². The summed E-state index contributed by atoms with van der Waals surface area (Å²) in [6, 6.07) is 5.76. The predicted octanol–water partition coefficient (Wildman–Crippen LogP) is 2.96. The molecule has 0 saturated heterocycles. The van der Waals surface area contributed by atoms with Gasteiger partial charge < -0.3 is 4.74 Å². The number of hydrogen-bond donors (Lipinski definition) is 0. The number of aryl methyl sites for hydroxylation is 1. The molecular formula is C12H17BrO3S. The van der Waals surface area contributed by atoms with Crippen molar-refractivity contribution in [2.75, 3.05) is 18.1 Å². The summed E-state index contributed by atoms with van der Waals surface area (Å²) in [5.74, 6) is 1.20. The lowest BCUT2D eigenvalue weighted by atomic mass is 10.2. The molecule has 0 unspecified atom stereocenters. The highest BCUT2D eigenvalue weighted by Gasteiger charge is 2.07. The Morgan fingerprint density at radius 3 is 2.65 bits per heavy atom. The third kappa shape index (κ3) is 5.08. The molecule has 0 N–H and O–H groups in total. The van der Waals surface area contributed by atoms with Crippen LogP contribution < -0.4 is 4.74 Å². The average molecular weight is 321 g/mol. The van der Waals surface area contributed by atoms with Gasteiger partial charge in [0.1, 0.15) is 15.6 Å². The van der Waals surface area contributed by atoms with E-state index in [9.17, 15) is 8.42 Å². The minimum Gasteiger partial charge on any atom is -0.493 e. The van der Waals surface area contributed by atoms with Gasteiger partial charge in [-0.05, 0) is 37.1 Å². The summed E-state index contributed by atoms with van der Waals surface area (Å²) in [7, 11) is -2.88. The summed E-state index contributed by atoms with van der Waals surface area (Å²) in [4.78, 5) is 0. The van der Waals surface area contributed by atoms with E-state index >= 15 is 0 Å². The number of hydrogen-bond acceptors (Lipinski definition) is 3. The second kappa shape index (κ2) is 6.40. The molecule has 96 valence electrons. The van der Waals surface area contributed by atoms with Crippen molar-refractivity contribution < 1.29 is 13.2 Å². The lowest BCUT2D eigenvalue weighted by Crippen LogP contribution is -2.12. The molecule has 0 amide bonds. The molecule has 0 aliphatic carbocycles. The number of halogens is 1. The number of rotatable bonds is 6. The van der Waals surface area contributed by atoms with E-state index in [1.807, 2.05) is 25.1 Å². The van der Waals surface area contributed by atoms with Gasteiger partial charge in [-0.3, -0.25) is 0 Å². The highest BCUT2D eigenvalue weighted by molar-refractivity contribution is 9.10. The predicted molar refractivity (Wildman–Crippen MR) is 73.3 cm³/mol. The summed E-state index contributed by atoms with van der Waals surface area (Å²) in [6.07, 6.45) is 0.533. The Labute approximate surface area is 111 Å². The van der Waals surface area contributed by atoms with E-state index in [0.29, 0.717) is 13.0 Å². The molecule has 0 saturated carbocycles. The zero-order chi connectivity index (χ0) is 12.9. The molecule has 1 rings (SSSR count). The summed E-state index contributed by atoms with van der Waals surface area (Å²) >= 11 is 3.38. The van der Waals surface area contributed by atoms with Crippen LogP contribution in [0, 0.1) is 6.92 Å². The van der Waals surface area contributed by atoms with Gasteiger partial charge in [0.25, 0.3) is 0 Å². The summed E-state index contributed by atoms with van der Waals surface area (Å²) in [5.41, 5.74) is 1.04. The van der Waals surface area contributed by atoms with E-state index in [0.717, 1.165) is 15.8 Å². The minimum absolute atomic E-state index is 0.194. The SMILES string of the molecule is CCS(=O)(=O)CCCOc1ccc(Br)cc1C. The molecule has 1 aromatic rings. The van der Waals surface area contributed by atoms with Crippen molar-refractivity contribution in [1.82, 2.24) is 0 Å². The Morgan fingerprint density at radius 2 is 2.06 bits per heavy atom. The smallest absolute Gasteiger partial charge is 0.150 e. The second-order valence-corrected chi connectivity index (χ2v) is 7.24. The summed E-state index contributed by atoms with van der Waals surface area (Å²) in [6.45, 7) is 4.06. The van der Waals surface area contributed by atoms with Gasteiger partial charge in [-0.15, -0.1) is 0 Å². The quantitative estimate of drug-likeness (QED) is 0.757. The van der Waals surface area contributed by atoms with Crippen molar-refractivity contribution in [2.45, 2.75) is 20.3 Å². The van der Waals surface area contributed by atoms with E-state index in [2.05, 4.69) is 15.9 Å². The first-order valence-electron chi connectivity index (χ1n) is 5.54. The molecule has 0 atom stereocenters. The Morgan fingerprint density at radius 1 is 1.35 bits per heavy atom. The standard InChI is InChI=1S/C12H17BrO3S/c1-3-17(14,15)8-4-7-16-12-6-5-11(13)9-10(12)2/h5-6,9H,3-4,7-8H2,1-2H3. The molecule has 0 fully saturated rings. The first-order chi connectivity index (χ1) is 7.94. The lowest BCUT2D eigenvalue weighted by Gasteiger charge is -2.09. The van der Waals surface area contributed by atoms with Gasteiger partial charge in [0.2, 0.25) is 0 Å². The van der Waals surface area contributed by atoms with Crippen LogP contribution in [0.25, 0.3) is 0 Å². The highest BCUT2D eigenvalue weighted by Crippen LogP contribution is 2.22. The van der Waals surface area contributed by atoms with Crippen LogP contribution in [0.3, 0.4) is 0 Å². The zero-order valence-corrected chi connectivity index (χ0v) is 12.5. The molecule has 3 nitrogen and oxygen atoms in total. The molecule has 0 aliphatic heterocycles. The van der Waals surface area contributed by atoms with Crippen LogP contribution in [0.4, 0.5) is 0 Å². The fourth-order valence-corrected chi connectivity index (χ4v) is 2.70. The fourth-order valence-electron chi connectivity index (χ4n) is 1.38. The van der Waals surface area contributed by atoms with Gasteiger partial charge in [0, 0.05) is 10.2 Å². The van der Waals surface area contributed by atoms with Gasteiger partial charge in [0.05, 0.1) is 12.4 Å². The maximum Gasteiger partial charge on any atom is 0.150 e.